The Labute approximate surface area is 111 Å². The fourth-order valence-electron chi connectivity index (χ4n) is 1.18. The van der Waals surface area contributed by atoms with Gasteiger partial charge in [-0.3, -0.25) is 14.9 Å². The minimum atomic E-state index is -2.98. The van der Waals surface area contributed by atoms with Crippen LogP contribution in [-0.2, 0) is 0 Å². The summed E-state index contributed by atoms with van der Waals surface area (Å²) in [4.78, 5) is 21.3. The van der Waals surface area contributed by atoms with Gasteiger partial charge in [-0.2, -0.15) is 0 Å². The number of rotatable bonds is 5. The van der Waals surface area contributed by atoms with Crippen LogP contribution in [0.15, 0.2) is 18.2 Å². The first kappa shape index (κ1) is 15.3. The zero-order valence-corrected chi connectivity index (χ0v) is 10.1. The van der Waals surface area contributed by atoms with E-state index < -0.39 is 29.9 Å². The molecule has 0 aromatic heterocycles. The molecule has 0 aliphatic heterocycles. The molecule has 1 aromatic rings. The molecule has 0 fully saturated rings. The minimum absolute atomic E-state index is 0.103. The predicted octanol–water partition coefficient (Wildman–Crippen LogP) is 1.60. The van der Waals surface area contributed by atoms with Crippen LogP contribution in [0.25, 0.3) is 0 Å². The van der Waals surface area contributed by atoms with Gasteiger partial charge in [0.15, 0.2) is 0 Å². The Morgan fingerprint density at radius 2 is 2.16 bits per heavy atom. The molecule has 104 valence electrons. The minimum Gasteiger partial charge on any atom is -0.385 e. The normalized spacial score (nSPS) is 12.3. The molecular formula is C10H9ClF2N2O4. The molecule has 0 aliphatic rings. The molecule has 0 heterocycles. The van der Waals surface area contributed by atoms with Crippen LogP contribution in [0.4, 0.5) is 14.5 Å². The Morgan fingerprint density at radius 1 is 1.53 bits per heavy atom. The van der Waals surface area contributed by atoms with Crippen molar-refractivity contribution >= 4 is 23.2 Å². The highest BCUT2D eigenvalue weighted by molar-refractivity contribution is 6.34. The maximum atomic E-state index is 12.0. The van der Waals surface area contributed by atoms with Gasteiger partial charge in [0.2, 0.25) is 0 Å². The Kier molecular flexibility index (Phi) is 5.13. The average Bonchev–Trinajstić information content (AvgIpc) is 2.34. The first-order chi connectivity index (χ1) is 8.82. The largest absolute Gasteiger partial charge is 0.385 e. The zero-order chi connectivity index (χ0) is 14.6. The number of halogens is 3. The second-order valence-corrected chi connectivity index (χ2v) is 3.94. The molecule has 2 N–H and O–H groups in total. The number of carbonyl (C=O) groups excluding carboxylic acids is 1. The SMILES string of the molecule is O=C(NCC(O)C(F)F)c1ccc([N+](=O)[O-])cc1Cl. The summed E-state index contributed by atoms with van der Waals surface area (Å²) < 4.78 is 24.0. The van der Waals surface area contributed by atoms with Gasteiger partial charge in [0.25, 0.3) is 18.0 Å². The Bertz CT molecular complexity index is 498. The number of nitrogens with zero attached hydrogens (tertiary/aromatic N) is 1. The maximum absolute atomic E-state index is 12.0. The van der Waals surface area contributed by atoms with Crippen LogP contribution in [0.3, 0.4) is 0 Å². The van der Waals surface area contributed by atoms with E-state index in [-0.39, 0.29) is 16.3 Å². The van der Waals surface area contributed by atoms with E-state index in [0.717, 1.165) is 18.2 Å². The third-order valence-corrected chi connectivity index (χ3v) is 2.48. The molecule has 0 spiro atoms. The van der Waals surface area contributed by atoms with Gasteiger partial charge in [0, 0.05) is 18.7 Å². The van der Waals surface area contributed by atoms with Crippen LogP contribution >= 0.6 is 11.6 Å². The summed E-state index contributed by atoms with van der Waals surface area (Å²) in [6.07, 6.45) is -4.96. The number of amides is 1. The monoisotopic (exact) mass is 294 g/mol. The number of benzene rings is 1. The van der Waals surface area contributed by atoms with Crippen molar-refractivity contribution in [3.05, 3.63) is 38.9 Å². The number of non-ortho nitro benzene ring substituents is 1. The number of aliphatic hydroxyl groups excluding tert-OH is 1. The molecule has 1 atom stereocenters. The van der Waals surface area contributed by atoms with Crippen molar-refractivity contribution in [1.29, 1.82) is 0 Å². The summed E-state index contributed by atoms with van der Waals surface area (Å²) in [5.41, 5.74) is -0.400. The van der Waals surface area contributed by atoms with Crippen molar-refractivity contribution in [2.24, 2.45) is 0 Å². The molecule has 19 heavy (non-hydrogen) atoms. The highest BCUT2D eigenvalue weighted by Gasteiger charge is 2.19. The quantitative estimate of drug-likeness (QED) is 0.637. The van der Waals surface area contributed by atoms with Gasteiger partial charge in [0.05, 0.1) is 15.5 Å². The molecule has 0 aliphatic carbocycles. The van der Waals surface area contributed by atoms with E-state index in [4.69, 9.17) is 16.7 Å². The number of aliphatic hydroxyl groups is 1. The molecule has 6 nitrogen and oxygen atoms in total. The molecule has 1 aromatic carbocycles. The second kappa shape index (κ2) is 6.39. The third-order valence-electron chi connectivity index (χ3n) is 2.17. The molecule has 0 saturated carbocycles. The van der Waals surface area contributed by atoms with Gasteiger partial charge in [-0.15, -0.1) is 0 Å². The van der Waals surface area contributed by atoms with E-state index in [1.54, 1.807) is 0 Å². The highest BCUT2D eigenvalue weighted by atomic mass is 35.5. The number of nitro benzene ring substituents is 1. The van der Waals surface area contributed by atoms with E-state index in [0.29, 0.717) is 0 Å². The summed E-state index contributed by atoms with van der Waals surface area (Å²) in [6.45, 7) is -0.649. The van der Waals surface area contributed by atoms with E-state index in [9.17, 15) is 23.7 Å². The lowest BCUT2D eigenvalue weighted by molar-refractivity contribution is -0.384. The number of alkyl halides is 2. The second-order valence-electron chi connectivity index (χ2n) is 3.53. The van der Waals surface area contributed by atoms with Crippen molar-refractivity contribution in [2.75, 3.05) is 6.54 Å². The molecule has 9 heteroatoms. The lowest BCUT2D eigenvalue weighted by Gasteiger charge is -2.11. The Morgan fingerprint density at radius 3 is 2.63 bits per heavy atom. The summed E-state index contributed by atoms with van der Waals surface area (Å²) >= 11 is 5.67. The summed E-state index contributed by atoms with van der Waals surface area (Å²) in [5, 5.41) is 21.1. The van der Waals surface area contributed by atoms with Crippen molar-refractivity contribution in [2.45, 2.75) is 12.5 Å². The van der Waals surface area contributed by atoms with Gasteiger partial charge >= 0.3 is 0 Å². The Hall–Kier alpha value is -1.80. The number of nitro groups is 1. The maximum Gasteiger partial charge on any atom is 0.270 e. The molecule has 0 saturated heterocycles. The first-order valence-corrected chi connectivity index (χ1v) is 5.39. The van der Waals surface area contributed by atoms with Gasteiger partial charge in [0.1, 0.15) is 6.10 Å². The summed E-state index contributed by atoms with van der Waals surface area (Å²) in [7, 11) is 0. The molecule has 1 amide bonds. The topological polar surface area (TPSA) is 92.5 Å². The molecule has 0 radical (unpaired) electrons. The highest BCUT2D eigenvalue weighted by Crippen LogP contribution is 2.22. The van der Waals surface area contributed by atoms with Crippen molar-refractivity contribution in [3.63, 3.8) is 0 Å². The molecule has 1 rings (SSSR count). The molecule has 1 unspecified atom stereocenters. The number of nitrogens with one attached hydrogen (secondary N) is 1. The van der Waals surface area contributed by atoms with Crippen LogP contribution in [0.1, 0.15) is 10.4 Å². The number of hydrogen-bond donors (Lipinski definition) is 2. The van der Waals surface area contributed by atoms with Crippen LogP contribution in [0.5, 0.6) is 0 Å². The van der Waals surface area contributed by atoms with Gasteiger partial charge < -0.3 is 10.4 Å². The van der Waals surface area contributed by atoms with Gasteiger partial charge in [-0.25, -0.2) is 8.78 Å². The summed E-state index contributed by atoms with van der Waals surface area (Å²) in [6, 6.07) is 3.13. The zero-order valence-electron chi connectivity index (χ0n) is 9.35. The van der Waals surface area contributed by atoms with Crippen LogP contribution in [0.2, 0.25) is 5.02 Å². The molecular weight excluding hydrogens is 286 g/mol. The van der Waals surface area contributed by atoms with Crippen LogP contribution < -0.4 is 5.32 Å². The first-order valence-electron chi connectivity index (χ1n) is 5.01. The standard InChI is InChI=1S/C10H9ClF2N2O4/c11-7-3-5(15(18)19)1-2-6(7)10(17)14-4-8(16)9(12)13/h1-3,8-9,16H,4H2,(H,14,17). The smallest absolute Gasteiger partial charge is 0.270 e. The van der Waals surface area contributed by atoms with E-state index in [1.807, 2.05) is 5.32 Å². The lowest BCUT2D eigenvalue weighted by atomic mass is 10.2. The predicted molar refractivity (Wildman–Crippen MR) is 62.5 cm³/mol. The van der Waals surface area contributed by atoms with Gasteiger partial charge in [-0.1, -0.05) is 11.6 Å². The fraction of sp³-hybridized carbons (Fsp3) is 0.300. The van der Waals surface area contributed by atoms with E-state index in [1.165, 1.54) is 0 Å². The Balaban J connectivity index is 2.75. The van der Waals surface area contributed by atoms with E-state index >= 15 is 0 Å². The number of hydrogen-bond acceptors (Lipinski definition) is 4. The average molecular weight is 295 g/mol. The fourth-order valence-corrected chi connectivity index (χ4v) is 1.44. The van der Waals surface area contributed by atoms with Crippen molar-refractivity contribution in [3.8, 4) is 0 Å². The van der Waals surface area contributed by atoms with Crippen LogP contribution in [0, 0.1) is 10.1 Å². The van der Waals surface area contributed by atoms with E-state index in [2.05, 4.69) is 0 Å². The van der Waals surface area contributed by atoms with Crippen molar-refractivity contribution in [1.82, 2.24) is 5.32 Å². The third kappa shape index (κ3) is 4.11. The van der Waals surface area contributed by atoms with Gasteiger partial charge in [-0.05, 0) is 6.07 Å². The number of carbonyl (C=O) groups is 1. The van der Waals surface area contributed by atoms with Crippen LogP contribution in [-0.4, -0.2) is 35.0 Å². The molecule has 0 bridgehead atoms. The summed E-state index contributed by atoms with van der Waals surface area (Å²) in [5.74, 6) is -0.806. The van der Waals surface area contributed by atoms with Crippen molar-refractivity contribution < 1.29 is 23.6 Å². The lowest BCUT2D eigenvalue weighted by Crippen LogP contribution is -2.35.